The third kappa shape index (κ3) is 3.19. The maximum Gasteiger partial charge on any atom is 0.223 e. The first kappa shape index (κ1) is 15.5. The minimum absolute atomic E-state index is 0.0765. The van der Waals surface area contributed by atoms with Crippen molar-refractivity contribution in [2.75, 3.05) is 18.6 Å². The number of hydrogen-bond acceptors (Lipinski definition) is 3. The van der Waals surface area contributed by atoms with E-state index in [-0.39, 0.29) is 23.5 Å². The number of sulfone groups is 1. The van der Waals surface area contributed by atoms with Crippen LogP contribution in [0.15, 0.2) is 24.3 Å². The van der Waals surface area contributed by atoms with Crippen LogP contribution in [0.5, 0.6) is 0 Å². The molecule has 0 spiro atoms. The quantitative estimate of drug-likeness (QED) is 0.857. The van der Waals surface area contributed by atoms with Gasteiger partial charge >= 0.3 is 0 Å². The van der Waals surface area contributed by atoms with Crippen LogP contribution in [-0.4, -0.2) is 43.8 Å². The predicted octanol–water partition coefficient (Wildman–Crippen LogP) is 2.14. The summed E-state index contributed by atoms with van der Waals surface area (Å²) in [5.41, 5.74) is 2.68. The van der Waals surface area contributed by atoms with Gasteiger partial charge in [0.05, 0.1) is 11.5 Å². The fourth-order valence-electron chi connectivity index (χ4n) is 3.68. The summed E-state index contributed by atoms with van der Waals surface area (Å²) in [6, 6.07) is 8.45. The Bertz CT molecular complexity index is 654. The molecule has 1 aromatic rings. The number of carbonyl (C=O) groups is 1. The van der Waals surface area contributed by atoms with Crippen molar-refractivity contribution in [2.45, 2.75) is 44.1 Å². The Kier molecular flexibility index (Phi) is 4.26. The molecule has 1 aliphatic heterocycles. The van der Waals surface area contributed by atoms with Crippen molar-refractivity contribution >= 4 is 15.7 Å². The molecule has 22 heavy (non-hydrogen) atoms. The fraction of sp³-hybridized carbons (Fsp3) is 0.588. The Morgan fingerprint density at radius 3 is 2.59 bits per heavy atom. The van der Waals surface area contributed by atoms with Gasteiger partial charge in [-0.3, -0.25) is 4.79 Å². The molecular weight excluding hydrogens is 298 g/mol. The largest absolute Gasteiger partial charge is 0.343 e. The Morgan fingerprint density at radius 1 is 1.18 bits per heavy atom. The van der Waals surface area contributed by atoms with Gasteiger partial charge in [-0.2, -0.15) is 0 Å². The molecule has 1 aromatic carbocycles. The molecule has 3 rings (SSSR count). The summed E-state index contributed by atoms with van der Waals surface area (Å²) in [7, 11) is -1.05. The lowest BCUT2D eigenvalue weighted by molar-refractivity contribution is -0.132. The molecule has 4 nitrogen and oxygen atoms in total. The van der Waals surface area contributed by atoms with Gasteiger partial charge in [-0.1, -0.05) is 24.3 Å². The second-order valence-electron chi connectivity index (χ2n) is 6.53. The van der Waals surface area contributed by atoms with Crippen LogP contribution >= 0.6 is 0 Å². The number of amides is 1. The zero-order valence-corrected chi connectivity index (χ0v) is 13.8. The number of aryl methyl sites for hydroxylation is 1. The van der Waals surface area contributed by atoms with Gasteiger partial charge in [0.1, 0.15) is 9.84 Å². The van der Waals surface area contributed by atoms with Gasteiger partial charge < -0.3 is 4.90 Å². The third-order valence-corrected chi connectivity index (χ3v) is 6.86. The van der Waals surface area contributed by atoms with Crippen LogP contribution < -0.4 is 0 Å². The highest BCUT2D eigenvalue weighted by atomic mass is 32.2. The monoisotopic (exact) mass is 321 g/mol. The van der Waals surface area contributed by atoms with Crippen molar-refractivity contribution in [3.63, 3.8) is 0 Å². The van der Waals surface area contributed by atoms with Gasteiger partial charge in [0.15, 0.2) is 0 Å². The van der Waals surface area contributed by atoms with E-state index >= 15 is 0 Å². The molecule has 1 amide bonds. The van der Waals surface area contributed by atoms with Crippen LogP contribution in [0.1, 0.15) is 42.7 Å². The van der Waals surface area contributed by atoms with Crippen LogP contribution in [0.2, 0.25) is 0 Å². The normalized spacial score (nSPS) is 24.0. The summed E-state index contributed by atoms with van der Waals surface area (Å²) in [6.07, 6.45) is 3.78. The van der Waals surface area contributed by atoms with Crippen LogP contribution in [0.4, 0.5) is 0 Å². The number of benzene rings is 1. The van der Waals surface area contributed by atoms with E-state index in [2.05, 4.69) is 18.2 Å². The fourth-order valence-corrected chi connectivity index (χ4v) is 5.15. The lowest BCUT2D eigenvalue weighted by Crippen LogP contribution is -2.42. The van der Waals surface area contributed by atoms with E-state index in [0.717, 1.165) is 12.8 Å². The molecule has 1 aliphatic carbocycles. The van der Waals surface area contributed by atoms with E-state index in [1.807, 2.05) is 13.1 Å². The van der Waals surface area contributed by atoms with Gasteiger partial charge in [-0.15, -0.1) is 0 Å². The number of rotatable bonds is 3. The molecule has 1 unspecified atom stereocenters. The average Bonchev–Trinajstić information content (AvgIpc) is 2.90. The number of carbonyl (C=O) groups excluding carboxylic acids is 1. The van der Waals surface area contributed by atoms with Gasteiger partial charge in [0.2, 0.25) is 5.91 Å². The minimum Gasteiger partial charge on any atom is -0.343 e. The van der Waals surface area contributed by atoms with Gasteiger partial charge in [-0.05, 0) is 42.7 Å². The van der Waals surface area contributed by atoms with E-state index < -0.39 is 9.84 Å². The van der Waals surface area contributed by atoms with Gasteiger partial charge in [-0.25, -0.2) is 8.42 Å². The summed E-state index contributed by atoms with van der Waals surface area (Å²) in [5.74, 6) is 0.882. The minimum atomic E-state index is -2.88. The number of fused-ring (bicyclic) bond motifs is 1. The van der Waals surface area contributed by atoms with Crippen molar-refractivity contribution in [2.24, 2.45) is 0 Å². The molecule has 120 valence electrons. The van der Waals surface area contributed by atoms with Crippen molar-refractivity contribution in [3.05, 3.63) is 35.4 Å². The molecule has 0 saturated carbocycles. The second kappa shape index (κ2) is 6.03. The molecular formula is C17H23NO3S. The standard InChI is InChI=1S/C17H23NO3S/c1-18(15-8-10-22(20,21)11-9-15)17(19)12-14-7-6-13-4-2-3-5-16(13)14/h2-5,14-15H,6-12H2,1H3. The molecule has 0 bridgehead atoms. The van der Waals surface area contributed by atoms with Crippen LogP contribution in [0.3, 0.4) is 0 Å². The zero-order valence-electron chi connectivity index (χ0n) is 13.0. The molecule has 2 aliphatic rings. The van der Waals surface area contributed by atoms with Crippen LogP contribution in [0.25, 0.3) is 0 Å². The van der Waals surface area contributed by atoms with Crippen LogP contribution in [0, 0.1) is 0 Å². The first-order valence-corrected chi connectivity index (χ1v) is 9.82. The molecule has 1 saturated heterocycles. The topological polar surface area (TPSA) is 54.5 Å². The summed E-state index contributed by atoms with van der Waals surface area (Å²) in [6.45, 7) is 0. The smallest absolute Gasteiger partial charge is 0.223 e. The van der Waals surface area contributed by atoms with Crippen molar-refractivity contribution < 1.29 is 13.2 Å². The first-order valence-electron chi connectivity index (χ1n) is 8.00. The maximum atomic E-state index is 12.5. The van der Waals surface area contributed by atoms with Crippen molar-refractivity contribution in [1.29, 1.82) is 0 Å². The Balaban J connectivity index is 1.61. The molecule has 0 aromatic heterocycles. The summed E-state index contributed by atoms with van der Waals surface area (Å²) < 4.78 is 23.0. The third-order valence-electron chi connectivity index (χ3n) is 5.14. The Labute approximate surface area is 132 Å². The molecule has 1 heterocycles. The Hall–Kier alpha value is -1.36. The zero-order chi connectivity index (χ0) is 15.7. The molecule has 1 atom stereocenters. The first-order chi connectivity index (χ1) is 10.5. The molecule has 1 fully saturated rings. The van der Waals surface area contributed by atoms with E-state index in [9.17, 15) is 13.2 Å². The molecule has 0 N–H and O–H groups in total. The predicted molar refractivity (Wildman–Crippen MR) is 86.6 cm³/mol. The lowest BCUT2D eigenvalue weighted by atomic mass is 9.96. The van der Waals surface area contributed by atoms with Crippen LogP contribution in [-0.2, 0) is 21.1 Å². The molecule has 5 heteroatoms. The highest BCUT2D eigenvalue weighted by molar-refractivity contribution is 7.91. The van der Waals surface area contributed by atoms with Crippen molar-refractivity contribution in [1.82, 2.24) is 4.90 Å². The van der Waals surface area contributed by atoms with Gasteiger partial charge in [0.25, 0.3) is 0 Å². The van der Waals surface area contributed by atoms with E-state index in [0.29, 0.717) is 25.2 Å². The highest BCUT2D eigenvalue weighted by Crippen LogP contribution is 2.35. The Morgan fingerprint density at radius 2 is 1.86 bits per heavy atom. The summed E-state index contributed by atoms with van der Waals surface area (Å²) in [5, 5.41) is 0. The second-order valence-corrected chi connectivity index (χ2v) is 8.83. The van der Waals surface area contributed by atoms with E-state index in [1.54, 1.807) is 4.90 Å². The number of hydrogen-bond donors (Lipinski definition) is 0. The SMILES string of the molecule is CN(C(=O)CC1CCc2ccccc21)C1CCS(=O)(=O)CC1. The van der Waals surface area contributed by atoms with Crippen molar-refractivity contribution in [3.8, 4) is 0 Å². The van der Waals surface area contributed by atoms with E-state index in [1.165, 1.54) is 11.1 Å². The average molecular weight is 321 g/mol. The summed E-state index contributed by atoms with van der Waals surface area (Å²) in [4.78, 5) is 14.3. The highest BCUT2D eigenvalue weighted by Gasteiger charge is 2.31. The maximum absolute atomic E-state index is 12.5. The van der Waals surface area contributed by atoms with E-state index in [4.69, 9.17) is 0 Å². The molecule has 0 radical (unpaired) electrons. The summed E-state index contributed by atoms with van der Waals surface area (Å²) >= 11 is 0. The lowest BCUT2D eigenvalue weighted by Gasteiger charge is -2.32. The number of nitrogens with zero attached hydrogens (tertiary/aromatic N) is 1. The van der Waals surface area contributed by atoms with Gasteiger partial charge in [0, 0.05) is 19.5 Å².